The molecule has 0 saturated heterocycles. The maximum Gasteiger partial charge on any atom is 0.344 e. The largest absolute Gasteiger partial charge is 0.495 e. The first-order valence-electron chi connectivity index (χ1n) is 8.84. The van der Waals surface area contributed by atoms with Gasteiger partial charge in [0.05, 0.1) is 18.2 Å². The highest BCUT2D eigenvalue weighted by atomic mass is 35.5. The first-order chi connectivity index (χ1) is 14.1. The third-order valence-electron chi connectivity index (χ3n) is 4.52. The summed E-state index contributed by atoms with van der Waals surface area (Å²) < 4.78 is 10.8. The van der Waals surface area contributed by atoms with Crippen molar-refractivity contribution in [3.05, 3.63) is 94.0 Å². The first kappa shape index (κ1) is 18.8. The van der Waals surface area contributed by atoms with Crippen LogP contribution >= 0.6 is 11.6 Å². The van der Waals surface area contributed by atoms with Crippen LogP contribution in [0.4, 0.5) is 5.69 Å². The number of fused-ring (bicyclic) bond motifs is 1. The Labute approximate surface area is 171 Å². The summed E-state index contributed by atoms with van der Waals surface area (Å²) in [4.78, 5) is 25.7. The quantitative estimate of drug-likeness (QED) is 0.495. The van der Waals surface area contributed by atoms with Crippen LogP contribution in [-0.4, -0.2) is 13.0 Å². The maximum absolute atomic E-state index is 13.1. The smallest absolute Gasteiger partial charge is 0.344 e. The van der Waals surface area contributed by atoms with Crippen LogP contribution in [0.25, 0.3) is 21.9 Å². The van der Waals surface area contributed by atoms with Crippen LogP contribution in [0.15, 0.2) is 82.0 Å². The number of hydrogen-bond acceptors (Lipinski definition) is 4. The molecule has 1 aromatic heterocycles. The van der Waals surface area contributed by atoms with E-state index in [-0.39, 0.29) is 5.76 Å². The number of benzene rings is 3. The van der Waals surface area contributed by atoms with Gasteiger partial charge >= 0.3 is 5.63 Å². The molecule has 6 heteroatoms. The molecule has 0 aliphatic carbocycles. The molecule has 0 fully saturated rings. The number of carbonyl (C=O) groups is 1. The van der Waals surface area contributed by atoms with Crippen molar-refractivity contribution in [2.24, 2.45) is 0 Å². The molecule has 4 rings (SSSR count). The lowest BCUT2D eigenvalue weighted by Crippen LogP contribution is -2.17. The average molecular weight is 406 g/mol. The van der Waals surface area contributed by atoms with E-state index in [0.717, 1.165) is 5.56 Å². The highest BCUT2D eigenvalue weighted by Crippen LogP contribution is 2.33. The van der Waals surface area contributed by atoms with Crippen LogP contribution in [-0.2, 0) is 0 Å². The first-order valence-corrected chi connectivity index (χ1v) is 9.22. The predicted molar refractivity (Wildman–Crippen MR) is 114 cm³/mol. The molecule has 0 radical (unpaired) electrons. The number of hydrogen-bond donors (Lipinski definition) is 1. The molecule has 1 heterocycles. The van der Waals surface area contributed by atoms with E-state index in [2.05, 4.69) is 5.32 Å². The third-order valence-corrected chi connectivity index (χ3v) is 4.75. The van der Waals surface area contributed by atoms with Gasteiger partial charge in [-0.1, -0.05) is 60.1 Å². The zero-order valence-corrected chi connectivity index (χ0v) is 16.2. The zero-order chi connectivity index (χ0) is 20.4. The molecule has 29 heavy (non-hydrogen) atoms. The number of halogens is 1. The Morgan fingerprint density at radius 1 is 0.966 bits per heavy atom. The molecule has 1 N–H and O–H groups in total. The zero-order valence-electron chi connectivity index (χ0n) is 15.4. The molecule has 5 nitrogen and oxygen atoms in total. The summed E-state index contributed by atoms with van der Waals surface area (Å²) in [5.41, 5.74) is 1.10. The Kier molecular flexibility index (Phi) is 5.06. The fourth-order valence-corrected chi connectivity index (χ4v) is 3.38. The normalized spacial score (nSPS) is 10.7. The standard InChI is InChI=1S/C23H16ClNO4/c1-28-19-12-11-15(24)13-18(19)25-22(26)21-20(14-7-3-2-4-8-14)16-9-5-6-10-17(16)23(27)29-21/h2-13H,1H3,(H,25,26). The lowest BCUT2D eigenvalue weighted by atomic mass is 9.98. The Balaban J connectivity index is 1.91. The van der Waals surface area contributed by atoms with Crippen LogP contribution in [0, 0.1) is 0 Å². The average Bonchev–Trinajstić information content (AvgIpc) is 2.74. The van der Waals surface area contributed by atoms with E-state index in [1.165, 1.54) is 7.11 Å². The molecule has 144 valence electrons. The minimum atomic E-state index is -0.580. The predicted octanol–water partition coefficient (Wildman–Crippen LogP) is 5.37. The number of methoxy groups -OCH3 is 1. The number of ether oxygens (including phenoxy) is 1. The van der Waals surface area contributed by atoms with E-state index < -0.39 is 11.5 Å². The Hall–Kier alpha value is -3.57. The van der Waals surface area contributed by atoms with Crippen LogP contribution in [0.3, 0.4) is 0 Å². The van der Waals surface area contributed by atoms with Crippen LogP contribution in [0.1, 0.15) is 10.6 Å². The second kappa shape index (κ2) is 7.81. The van der Waals surface area contributed by atoms with Gasteiger partial charge in [-0.15, -0.1) is 0 Å². The number of nitrogens with one attached hydrogen (secondary N) is 1. The summed E-state index contributed by atoms with van der Waals surface area (Å²) >= 11 is 6.05. The van der Waals surface area contributed by atoms with E-state index in [4.69, 9.17) is 20.8 Å². The number of amides is 1. The summed E-state index contributed by atoms with van der Waals surface area (Å²) in [7, 11) is 1.49. The summed E-state index contributed by atoms with van der Waals surface area (Å²) in [6, 6.07) is 21.2. The van der Waals surface area contributed by atoms with Crippen molar-refractivity contribution in [1.29, 1.82) is 0 Å². The molecule has 0 bridgehead atoms. The highest BCUT2D eigenvalue weighted by molar-refractivity contribution is 6.31. The topological polar surface area (TPSA) is 68.5 Å². The fraction of sp³-hybridized carbons (Fsp3) is 0.0435. The second-order valence-corrected chi connectivity index (χ2v) is 6.74. The molecule has 4 aromatic rings. The summed E-state index contributed by atoms with van der Waals surface area (Å²) in [6.45, 7) is 0. The fourth-order valence-electron chi connectivity index (χ4n) is 3.21. The molecule has 0 spiro atoms. The summed E-state index contributed by atoms with van der Waals surface area (Å²) in [5.74, 6) is -0.221. The molecule has 0 aliphatic heterocycles. The second-order valence-electron chi connectivity index (χ2n) is 6.30. The minimum Gasteiger partial charge on any atom is -0.495 e. The van der Waals surface area contributed by atoms with E-state index >= 15 is 0 Å². The lowest BCUT2D eigenvalue weighted by Gasteiger charge is -2.13. The van der Waals surface area contributed by atoms with E-state index in [1.54, 1.807) is 36.4 Å². The molecule has 3 aromatic carbocycles. The van der Waals surface area contributed by atoms with E-state index in [1.807, 2.05) is 36.4 Å². The summed E-state index contributed by atoms with van der Waals surface area (Å²) in [5, 5.41) is 4.22. The molecular formula is C23H16ClNO4. The highest BCUT2D eigenvalue weighted by Gasteiger charge is 2.22. The van der Waals surface area contributed by atoms with Crippen molar-refractivity contribution in [2.75, 3.05) is 12.4 Å². The van der Waals surface area contributed by atoms with Crippen LogP contribution < -0.4 is 15.7 Å². The Bertz CT molecular complexity index is 1270. The number of carbonyl (C=O) groups excluding carboxylic acids is 1. The molecule has 0 unspecified atom stereocenters. The minimum absolute atomic E-state index is 0.0815. The van der Waals surface area contributed by atoms with Gasteiger partial charge in [0.25, 0.3) is 5.91 Å². The van der Waals surface area contributed by atoms with Gasteiger partial charge in [0.15, 0.2) is 0 Å². The maximum atomic E-state index is 13.1. The molecule has 0 atom stereocenters. The van der Waals surface area contributed by atoms with Gasteiger partial charge in [-0.25, -0.2) is 4.79 Å². The molecule has 0 saturated carbocycles. The van der Waals surface area contributed by atoms with Gasteiger partial charge in [0.1, 0.15) is 5.75 Å². The van der Waals surface area contributed by atoms with Crippen molar-refractivity contribution in [3.8, 4) is 16.9 Å². The van der Waals surface area contributed by atoms with Crippen molar-refractivity contribution in [3.63, 3.8) is 0 Å². The van der Waals surface area contributed by atoms with E-state index in [0.29, 0.717) is 32.8 Å². The van der Waals surface area contributed by atoms with Gasteiger partial charge in [0.2, 0.25) is 5.76 Å². The Morgan fingerprint density at radius 2 is 1.66 bits per heavy atom. The van der Waals surface area contributed by atoms with Gasteiger partial charge in [0, 0.05) is 16.0 Å². The molecular weight excluding hydrogens is 390 g/mol. The van der Waals surface area contributed by atoms with Gasteiger partial charge in [-0.05, 0) is 29.8 Å². The monoisotopic (exact) mass is 405 g/mol. The van der Waals surface area contributed by atoms with Gasteiger partial charge in [-0.2, -0.15) is 0 Å². The number of anilines is 1. The lowest BCUT2D eigenvalue weighted by molar-refractivity contribution is 0.0993. The van der Waals surface area contributed by atoms with Crippen molar-refractivity contribution < 1.29 is 13.9 Å². The van der Waals surface area contributed by atoms with Crippen LogP contribution in [0.5, 0.6) is 5.75 Å². The van der Waals surface area contributed by atoms with Crippen molar-refractivity contribution >= 4 is 34.0 Å². The van der Waals surface area contributed by atoms with Gasteiger partial charge < -0.3 is 14.5 Å². The SMILES string of the molecule is COc1ccc(Cl)cc1NC(=O)c1oc(=O)c2ccccc2c1-c1ccccc1. The number of rotatable bonds is 4. The third kappa shape index (κ3) is 3.60. The van der Waals surface area contributed by atoms with Crippen molar-refractivity contribution in [2.45, 2.75) is 0 Å². The Morgan fingerprint density at radius 3 is 2.38 bits per heavy atom. The summed E-state index contributed by atoms with van der Waals surface area (Å²) in [6.07, 6.45) is 0. The molecule has 0 aliphatic rings. The van der Waals surface area contributed by atoms with Crippen LogP contribution in [0.2, 0.25) is 5.02 Å². The molecule has 1 amide bonds. The van der Waals surface area contributed by atoms with Gasteiger partial charge in [-0.3, -0.25) is 4.79 Å². The van der Waals surface area contributed by atoms with E-state index in [9.17, 15) is 9.59 Å². The van der Waals surface area contributed by atoms with Crippen molar-refractivity contribution in [1.82, 2.24) is 0 Å².